The Morgan fingerprint density at radius 3 is 2.33 bits per heavy atom. The van der Waals surface area contributed by atoms with E-state index in [0.717, 1.165) is 18.4 Å². The molecule has 1 N–H and O–H groups in total. The third kappa shape index (κ3) is 4.02. The summed E-state index contributed by atoms with van der Waals surface area (Å²) >= 11 is 0.949. The number of ether oxygens (including phenoxy) is 2. The van der Waals surface area contributed by atoms with E-state index in [1.54, 1.807) is 13.8 Å². The highest BCUT2D eigenvalue weighted by Crippen LogP contribution is 2.23. The molecule has 0 radical (unpaired) electrons. The average molecular weight is 335 g/mol. The van der Waals surface area contributed by atoms with Gasteiger partial charge in [-0.3, -0.25) is 4.79 Å². The normalized spacial score (nSPS) is 13.0. The number of hydrogen-bond donors (Lipinski definition) is 1. The van der Waals surface area contributed by atoms with Crippen molar-refractivity contribution < 1.29 is 27.5 Å². The van der Waals surface area contributed by atoms with E-state index in [9.17, 15) is 18.0 Å². The van der Waals surface area contributed by atoms with Crippen molar-refractivity contribution in [3.8, 4) is 0 Å². The van der Waals surface area contributed by atoms with E-state index < -0.39 is 28.0 Å². The molecule has 0 bridgehead atoms. The molecule has 21 heavy (non-hydrogen) atoms. The molecular weight excluding hydrogens is 318 g/mol. The van der Waals surface area contributed by atoms with Crippen LogP contribution in [0.25, 0.3) is 0 Å². The predicted molar refractivity (Wildman–Crippen MR) is 76.6 cm³/mol. The van der Waals surface area contributed by atoms with Gasteiger partial charge in [0, 0.05) is 0 Å². The van der Waals surface area contributed by atoms with Crippen LogP contribution in [0.3, 0.4) is 0 Å². The number of carbonyl (C=O) groups is 2. The fraction of sp³-hybridized carbons (Fsp3) is 0.500. The lowest BCUT2D eigenvalue weighted by atomic mass is 10.1. The molecule has 0 saturated heterocycles. The summed E-state index contributed by atoms with van der Waals surface area (Å²) in [5.41, 5.74) is 0. The van der Waals surface area contributed by atoms with E-state index in [1.807, 2.05) is 0 Å². The molecule has 0 amide bonds. The SMILES string of the molecule is COC(=O)c1sccc1S(=O)(=O)NC(C(=O)OC)C(C)C. The molecule has 0 aliphatic heterocycles. The minimum absolute atomic E-state index is 0.0441. The summed E-state index contributed by atoms with van der Waals surface area (Å²) in [6, 6.07) is 0.249. The summed E-state index contributed by atoms with van der Waals surface area (Å²) in [6.07, 6.45) is 0. The number of nitrogens with one attached hydrogen (secondary N) is 1. The molecule has 1 aromatic rings. The molecule has 0 fully saturated rings. The number of methoxy groups -OCH3 is 2. The van der Waals surface area contributed by atoms with Gasteiger partial charge in [-0.25, -0.2) is 13.2 Å². The van der Waals surface area contributed by atoms with Gasteiger partial charge < -0.3 is 9.47 Å². The number of thiophene rings is 1. The van der Waals surface area contributed by atoms with Crippen molar-refractivity contribution in [2.75, 3.05) is 14.2 Å². The van der Waals surface area contributed by atoms with Gasteiger partial charge in [-0.15, -0.1) is 11.3 Å². The summed E-state index contributed by atoms with van der Waals surface area (Å²) in [7, 11) is -1.70. The Morgan fingerprint density at radius 2 is 1.86 bits per heavy atom. The molecule has 1 aromatic heterocycles. The summed E-state index contributed by atoms with van der Waals surface area (Å²) in [5.74, 6) is -1.75. The van der Waals surface area contributed by atoms with Crippen molar-refractivity contribution in [3.05, 3.63) is 16.3 Å². The highest BCUT2D eigenvalue weighted by molar-refractivity contribution is 7.89. The van der Waals surface area contributed by atoms with Crippen LogP contribution >= 0.6 is 11.3 Å². The van der Waals surface area contributed by atoms with Gasteiger partial charge in [0.1, 0.15) is 15.8 Å². The van der Waals surface area contributed by atoms with Gasteiger partial charge >= 0.3 is 11.9 Å². The van der Waals surface area contributed by atoms with Crippen molar-refractivity contribution in [1.29, 1.82) is 0 Å². The van der Waals surface area contributed by atoms with Crippen molar-refractivity contribution in [3.63, 3.8) is 0 Å². The fourth-order valence-corrected chi connectivity index (χ4v) is 4.23. The first-order valence-electron chi connectivity index (χ1n) is 6.00. The molecular formula is C12H17NO6S2. The van der Waals surface area contributed by atoms with E-state index in [2.05, 4.69) is 14.2 Å². The maximum atomic E-state index is 12.3. The lowest BCUT2D eigenvalue weighted by molar-refractivity contribution is -0.143. The lowest BCUT2D eigenvalue weighted by Crippen LogP contribution is -2.45. The third-order valence-corrected chi connectivity index (χ3v) is 5.20. The Balaban J connectivity index is 3.14. The Labute approximate surface area is 127 Å². The number of esters is 2. The van der Waals surface area contributed by atoms with Crippen LogP contribution in [0, 0.1) is 5.92 Å². The third-order valence-electron chi connectivity index (χ3n) is 2.69. The van der Waals surface area contributed by atoms with Crippen LogP contribution in [0.5, 0.6) is 0 Å². The molecule has 1 heterocycles. The zero-order valence-electron chi connectivity index (χ0n) is 12.1. The zero-order chi connectivity index (χ0) is 16.2. The Bertz CT molecular complexity index is 619. The molecule has 1 rings (SSSR count). The summed E-state index contributed by atoms with van der Waals surface area (Å²) in [4.78, 5) is 22.9. The van der Waals surface area contributed by atoms with Crippen LogP contribution in [-0.4, -0.2) is 40.6 Å². The molecule has 9 heteroatoms. The molecule has 118 valence electrons. The van der Waals surface area contributed by atoms with Gasteiger partial charge in [-0.2, -0.15) is 4.72 Å². The Hall–Kier alpha value is -1.45. The maximum absolute atomic E-state index is 12.3. The predicted octanol–water partition coefficient (Wildman–Crippen LogP) is 1.01. The van der Waals surface area contributed by atoms with Crippen LogP contribution < -0.4 is 4.72 Å². The van der Waals surface area contributed by atoms with E-state index >= 15 is 0 Å². The second-order valence-corrected chi connectivity index (χ2v) is 7.07. The minimum Gasteiger partial charge on any atom is -0.468 e. The van der Waals surface area contributed by atoms with Crippen LogP contribution in [0.2, 0.25) is 0 Å². The van der Waals surface area contributed by atoms with E-state index in [1.165, 1.54) is 18.6 Å². The Morgan fingerprint density at radius 1 is 1.24 bits per heavy atom. The lowest BCUT2D eigenvalue weighted by Gasteiger charge is -2.19. The first kappa shape index (κ1) is 17.6. The van der Waals surface area contributed by atoms with Gasteiger partial charge in [0.25, 0.3) is 0 Å². The van der Waals surface area contributed by atoms with Crippen LogP contribution in [-0.2, 0) is 24.3 Å². The number of rotatable bonds is 6. The van der Waals surface area contributed by atoms with Crippen molar-refractivity contribution in [1.82, 2.24) is 4.72 Å². The van der Waals surface area contributed by atoms with E-state index in [0.29, 0.717) is 0 Å². The molecule has 1 atom stereocenters. The maximum Gasteiger partial charge on any atom is 0.349 e. The molecule has 0 saturated carbocycles. The second-order valence-electron chi connectivity index (χ2n) is 4.47. The largest absolute Gasteiger partial charge is 0.468 e. The van der Waals surface area contributed by atoms with Crippen molar-refractivity contribution in [2.24, 2.45) is 5.92 Å². The van der Waals surface area contributed by atoms with Crippen LogP contribution in [0.4, 0.5) is 0 Å². The fourth-order valence-electron chi connectivity index (χ4n) is 1.56. The summed E-state index contributed by atoms with van der Waals surface area (Å²) in [5, 5.41) is 1.46. The highest BCUT2D eigenvalue weighted by atomic mass is 32.2. The van der Waals surface area contributed by atoms with Crippen LogP contribution in [0.1, 0.15) is 23.5 Å². The number of sulfonamides is 1. The molecule has 0 aliphatic carbocycles. The first-order chi connectivity index (χ1) is 9.74. The van der Waals surface area contributed by atoms with Gasteiger partial charge in [0.15, 0.2) is 0 Å². The topological polar surface area (TPSA) is 98.8 Å². The standard InChI is InChI=1S/C12H17NO6S2/c1-7(2)9(11(14)18-3)13-21(16,17)8-5-6-20-10(8)12(15)19-4/h5-7,9,13H,1-4H3. The second kappa shape index (κ2) is 7.01. The first-order valence-corrected chi connectivity index (χ1v) is 8.36. The molecule has 0 aliphatic rings. The quantitative estimate of drug-likeness (QED) is 0.779. The van der Waals surface area contributed by atoms with E-state index in [-0.39, 0.29) is 15.7 Å². The molecule has 7 nitrogen and oxygen atoms in total. The van der Waals surface area contributed by atoms with E-state index in [4.69, 9.17) is 0 Å². The number of hydrogen-bond acceptors (Lipinski definition) is 7. The highest BCUT2D eigenvalue weighted by Gasteiger charge is 2.32. The van der Waals surface area contributed by atoms with Crippen LogP contribution in [0.15, 0.2) is 16.3 Å². The van der Waals surface area contributed by atoms with Gasteiger partial charge in [-0.05, 0) is 17.4 Å². The van der Waals surface area contributed by atoms with Crippen molar-refractivity contribution >= 4 is 33.3 Å². The minimum atomic E-state index is -4.04. The van der Waals surface area contributed by atoms with Gasteiger partial charge in [0.05, 0.1) is 14.2 Å². The molecule has 0 aromatic carbocycles. The number of carbonyl (C=O) groups excluding carboxylic acids is 2. The summed E-state index contributed by atoms with van der Waals surface area (Å²) < 4.78 is 36.1. The molecule has 0 spiro atoms. The monoisotopic (exact) mass is 335 g/mol. The zero-order valence-corrected chi connectivity index (χ0v) is 13.7. The molecule has 1 unspecified atom stereocenters. The van der Waals surface area contributed by atoms with Crippen molar-refractivity contribution in [2.45, 2.75) is 24.8 Å². The average Bonchev–Trinajstić information content (AvgIpc) is 2.93. The Kier molecular flexibility index (Phi) is 5.87. The van der Waals surface area contributed by atoms with Gasteiger partial charge in [-0.1, -0.05) is 13.8 Å². The van der Waals surface area contributed by atoms with Gasteiger partial charge in [0.2, 0.25) is 10.0 Å². The smallest absolute Gasteiger partial charge is 0.349 e. The summed E-state index contributed by atoms with van der Waals surface area (Å²) in [6.45, 7) is 3.36.